The van der Waals surface area contributed by atoms with Gasteiger partial charge in [-0.1, -0.05) is 18.2 Å². The first-order valence-electron chi connectivity index (χ1n) is 7.39. The fourth-order valence-corrected chi connectivity index (χ4v) is 2.44. The summed E-state index contributed by atoms with van der Waals surface area (Å²) in [5, 5.41) is 7.74. The van der Waals surface area contributed by atoms with Crippen LogP contribution in [0.4, 0.5) is 11.6 Å². The van der Waals surface area contributed by atoms with Crippen LogP contribution in [0.25, 0.3) is 16.9 Å². The molecule has 0 saturated carbocycles. The van der Waals surface area contributed by atoms with E-state index in [1.54, 1.807) is 6.33 Å². The Kier molecular flexibility index (Phi) is 3.23. The second-order valence-electron chi connectivity index (χ2n) is 5.03. The zero-order chi connectivity index (χ0) is 15.6. The van der Waals surface area contributed by atoms with E-state index in [1.165, 1.54) is 6.33 Å². The first-order chi connectivity index (χ1) is 11.3. The quantitative estimate of drug-likeness (QED) is 0.627. The molecule has 1 N–H and O–H groups in total. The predicted octanol–water partition coefficient (Wildman–Crippen LogP) is 2.78. The van der Waals surface area contributed by atoms with Gasteiger partial charge in [-0.2, -0.15) is 5.10 Å². The Labute approximate surface area is 132 Å². The Bertz CT molecular complexity index is 939. The lowest BCUT2D eigenvalue weighted by atomic mass is 10.3. The van der Waals surface area contributed by atoms with Crippen LogP contribution in [0.2, 0.25) is 0 Å². The molecular weight excluding hydrogens is 290 g/mol. The van der Waals surface area contributed by atoms with Gasteiger partial charge in [0.25, 0.3) is 0 Å². The van der Waals surface area contributed by atoms with Gasteiger partial charge in [-0.25, -0.2) is 19.6 Å². The summed E-state index contributed by atoms with van der Waals surface area (Å²) in [5.41, 5.74) is 2.56. The van der Waals surface area contributed by atoms with Crippen molar-refractivity contribution in [3.63, 3.8) is 0 Å². The van der Waals surface area contributed by atoms with E-state index in [0.717, 1.165) is 23.4 Å². The molecule has 1 aromatic carbocycles. The molecule has 0 aliphatic rings. The molecule has 0 amide bonds. The standard InChI is InChI=1S/C16H15N7/c1-2-22-11-19-14-15(17-10-18-16(14)22)20-13-8-9-23(21-13)12-6-4-3-5-7-12/h3-11H,2H2,1H3,(H,17,18,20,21). The van der Waals surface area contributed by atoms with Crippen LogP contribution in [0.1, 0.15) is 6.92 Å². The maximum absolute atomic E-state index is 4.52. The van der Waals surface area contributed by atoms with E-state index >= 15 is 0 Å². The number of nitrogens with one attached hydrogen (secondary N) is 1. The maximum atomic E-state index is 4.52. The number of aryl methyl sites for hydroxylation is 1. The molecule has 0 atom stereocenters. The van der Waals surface area contributed by atoms with Crippen LogP contribution in [0.3, 0.4) is 0 Å². The van der Waals surface area contributed by atoms with Crippen molar-refractivity contribution in [3.05, 3.63) is 55.2 Å². The summed E-state index contributed by atoms with van der Waals surface area (Å²) in [7, 11) is 0. The summed E-state index contributed by atoms with van der Waals surface area (Å²) in [6.45, 7) is 2.87. The van der Waals surface area contributed by atoms with Crippen molar-refractivity contribution >= 4 is 22.8 Å². The topological polar surface area (TPSA) is 73.5 Å². The van der Waals surface area contributed by atoms with Gasteiger partial charge in [0.15, 0.2) is 22.8 Å². The largest absolute Gasteiger partial charge is 0.321 e. The van der Waals surface area contributed by atoms with Gasteiger partial charge >= 0.3 is 0 Å². The van der Waals surface area contributed by atoms with Gasteiger partial charge in [0.2, 0.25) is 0 Å². The molecule has 7 heteroatoms. The van der Waals surface area contributed by atoms with Crippen molar-refractivity contribution in [3.8, 4) is 5.69 Å². The highest BCUT2D eigenvalue weighted by Crippen LogP contribution is 2.21. The fourth-order valence-electron chi connectivity index (χ4n) is 2.44. The van der Waals surface area contributed by atoms with Crippen LogP contribution in [-0.4, -0.2) is 29.3 Å². The molecule has 0 saturated heterocycles. The van der Waals surface area contributed by atoms with Crippen molar-refractivity contribution in [2.24, 2.45) is 0 Å². The van der Waals surface area contributed by atoms with Crippen LogP contribution >= 0.6 is 0 Å². The molecule has 0 radical (unpaired) electrons. The number of para-hydroxylation sites is 1. The summed E-state index contributed by atoms with van der Waals surface area (Å²) >= 11 is 0. The summed E-state index contributed by atoms with van der Waals surface area (Å²) in [6, 6.07) is 11.8. The predicted molar refractivity (Wildman–Crippen MR) is 87.8 cm³/mol. The number of hydrogen-bond donors (Lipinski definition) is 1. The third kappa shape index (κ3) is 2.42. The average Bonchev–Trinajstić information content (AvgIpc) is 3.23. The number of aromatic nitrogens is 6. The van der Waals surface area contributed by atoms with Crippen LogP contribution in [0.5, 0.6) is 0 Å². The highest BCUT2D eigenvalue weighted by atomic mass is 15.3. The molecular formula is C16H15N7. The molecule has 7 nitrogen and oxygen atoms in total. The number of benzene rings is 1. The van der Waals surface area contributed by atoms with Gasteiger partial charge in [0.1, 0.15) is 6.33 Å². The second-order valence-corrected chi connectivity index (χ2v) is 5.03. The number of fused-ring (bicyclic) bond motifs is 1. The van der Waals surface area contributed by atoms with Gasteiger partial charge < -0.3 is 9.88 Å². The smallest absolute Gasteiger partial charge is 0.165 e. The van der Waals surface area contributed by atoms with Crippen LogP contribution in [0, 0.1) is 0 Å². The van der Waals surface area contributed by atoms with Gasteiger partial charge in [-0.05, 0) is 19.1 Å². The van der Waals surface area contributed by atoms with Crippen LogP contribution in [-0.2, 0) is 6.54 Å². The third-order valence-corrected chi connectivity index (χ3v) is 3.60. The molecule has 3 heterocycles. The third-order valence-electron chi connectivity index (χ3n) is 3.60. The number of nitrogens with zero attached hydrogens (tertiary/aromatic N) is 6. The lowest BCUT2D eigenvalue weighted by molar-refractivity contribution is 0.777. The molecule has 0 fully saturated rings. The second kappa shape index (κ2) is 5.53. The number of rotatable bonds is 4. The summed E-state index contributed by atoms with van der Waals surface area (Å²) in [4.78, 5) is 13.0. The normalized spacial score (nSPS) is 11.0. The van der Waals surface area contributed by atoms with E-state index in [9.17, 15) is 0 Å². The molecule has 0 unspecified atom stereocenters. The molecule has 0 spiro atoms. The lowest BCUT2D eigenvalue weighted by Crippen LogP contribution is -2.00. The number of imidazole rings is 1. The van der Waals surface area contributed by atoms with E-state index < -0.39 is 0 Å². The van der Waals surface area contributed by atoms with Crippen molar-refractivity contribution in [1.29, 1.82) is 0 Å². The Morgan fingerprint density at radius 3 is 2.74 bits per heavy atom. The molecule has 0 aliphatic heterocycles. The molecule has 0 aliphatic carbocycles. The molecule has 3 aromatic heterocycles. The zero-order valence-corrected chi connectivity index (χ0v) is 12.6. The Balaban J connectivity index is 1.67. The fraction of sp³-hybridized carbons (Fsp3) is 0.125. The average molecular weight is 305 g/mol. The van der Waals surface area contributed by atoms with Crippen molar-refractivity contribution in [2.75, 3.05) is 5.32 Å². The van der Waals surface area contributed by atoms with Crippen molar-refractivity contribution < 1.29 is 0 Å². The SMILES string of the molecule is CCn1cnc2c(Nc3ccn(-c4ccccc4)n3)ncnc21. The maximum Gasteiger partial charge on any atom is 0.165 e. The van der Waals surface area contributed by atoms with Gasteiger partial charge in [-0.15, -0.1) is 0 Å². The molecule has 114 valence electrons. The van der Waals surface area contributed by atoms with Gasteiger partial charge in [0, 0.05) is 18.8 Å². The van der Waals surface area contributed by atoms with E-state index in [0.29, 0.717) is 11.6 Å². The Morgan fingerprint density at radius 1 is 1.04 bits per heavy atom. The molecule has 4 aromatic rings. The van der Waals surface area contributed by atoms with Crippen LogP contribution < -0.4 is 5.32 Å². The van der Waals surface area contributed by atoms with Crippen molar-refractivity contribution in [2.45, 2.75) is 13.5 Å². The highest BCUT2D eigenvalue weighted by molar-refractivity contribution is 5.84. The number of hydrogen-bond acceptors (Lipinski definition) is 5. The van der Waals surface area contributed by atoms with Gasteiger partial charge in [0.05, 0.1) is 12.0 Å². The summed E-state index contributed by atoms with van der Waals surface area (Å²) < 4.78 is 3.79. The molecule has 4 rings (SSSR count). The summed E-state index contributed by atoms with van der Waals surface area (Å²) in [5.74, 6) is 1.36. The monoisotopic (exact) mass is 305 g/mol. The Hall–Kier alpha value is -3.22. The lowest BCUT2D eigenvalue weighted by Gasteiger charge is -2.04. The van der Waals surface area contributed by atoms with Crippen molar-refractivity contribution in [1.82, 2.24) is 29.3 Å². The minimum absolute atomic E-state index is 0.653. The minimum Gasteiger partial charge on any atom is -0.321 e. The van der Waals surface area contributed by atoms with E-state index in [1.807, 2.05) is 51.8 Å². The first kappa shape index (κ1) is 13.4. The molecule has 23 heavy (non-hydrogen) atoms. The first-order valence-corrected chi connectivity index (χ1v) is 7.39. The van der Waals surface area contributed by atoms with Gasteiger partial charge in [-0.3, -0.25) is 0 Å². The highest BCUT2D eigenvalue weighted by Gasteiger charge is 2.10. The minimum atomic E-state index is 0.653. The van der Waals surface area contributed by atoms with E-state index in [4.69, 9.17) is 0 Å². The Morgan fingerprint density at radius 2 is 1.91 bits per heavy atom. The molecule has 0 bridgehead atoms. The van der Waals surface area contributed by atoms with Crippen LogP contribution in [0.15, 0.2) is 55.2 Å². The van der Waals surface area contributed by atoms with E-state index in [-0.39, 0.29) is 0 Å². The van der Waals surface area contributed by atoms with E-state index in [2.05, 4.69) is 32.3 Å². The zero-order valence-electron chi connectivity index (χ0n) is 12.6. The summed E-state index contributed by atoms with van der Waals surface area (Å²) in [6.07, 6.45) is 5.21. The number of anilines is 2.